The molecule has 0 amide bonds. The summed E-state index contributed by atoms with van der Waals surface area (Å²) in [6.45, 7) is 0.205. The molecule has 82 valence electrons. The predicted octanol–water partition coefficient (Wildman–Crippen LogP) is 2.04. The van der Waals surface area contributed by atoms with E-state index in [9.17, 15) is 4.57 Å². The Hall–Kier alpha value is -0.960. The summed E-state index contributed by atoms with van der Waals surface area (Å²) < 4.78 is 20.1. The van der Waals surface area contributed by atoms with E-state index in [1.54, 1.807) is 0 Å². The Balaban J connectivity index is 2.36. The first-order chi connectivity index (χ1) is 7.36. The molecule has 0 saturated heterocycles. The van der Waals surface area contributed by atoms with Gasteiger partial charge in [0.25, 0.3) is 0 Å². The number of benzene rings is 1. The third-order valence-electron chi connectivity index (χ3n) is 1.83. The maximum Gasteiger partial charge on any atom is 0.327 e. The Labute approximate surface area is 90.1 Å². The van der Waals surface area contributed by atoms with Crippen LogP contribution in [0.3, 0.4) is 0 Å². The maximum atomic E-state index is 10.0. The number of aliphatic hydroxyl groups is 1. The Bertz CT molecular complexity index is 278. The molecule has 0 fully saturated rings. The van der Waals surface area contributed by atoms with Crippen molar-refractivity contribution >= 4 is 8.69 Å². The summed E-state index contributed by atoms with van der Waals surface area (Å²) in [6.07, 6.45) is 0.176. The van der Waals surface area contributed by atoms with E-state index in [2.05, 4.69) is 4.52 Å². The van der Waals surface area contributed by atoms with Gasteiger partial charge in [-0.1, -0.05) is 18.2 Å². The lowest BCUT2D eigenvalue weighted by atomic mass is 10.2. The molecular weight excluding hydrogens is 215 g/mol. The standard InChI is InChI=1S/C10H13O4P/c11-8-10(6-7-13-15-12)14-9-4-2-1-3-5-9/h1-5,10-11H,6-8H2. The topological polar surface area (TPSA) is 55.8 Å². The number of hydrogen-bond acceptors (Lipinski definition) is 4. The molecule has 0 aliphatic rings. The van der Waals surface area contributed by atoms with Crippen molar-refractivity contribution in [1.29, 1.82) is 0 Å². The molecule has 0 radical (unpaired) electrons. The number of hydrogen-bond donors (Lipinski definition) is 1. The third kappa shape index (κ3) is 4.88. The molecule has 0 aliphatic carbocycles. The van der Waals surface area contributed by atoms with Gasteiger partial charge in [-0.2, -0.15) is 0 Å². The second kappa shape index (κ2) is 7.35. The quantitative estimate of drug-likeness (QED) is 0.573. The second-order valence-corrected chi connectivity index (χ2v) is 3.34. The van der Waals surface area contributed by atoms with E-state index < -0.39 is 0 Å². The summed E-state index contributed by atoms with van der Waals surface area (Å²) in [5, 5.41) is 9.03. The lowest BCUT2D eigenvalue weighted by molar-refractivity contribution is 0.0961. The molecule has 5 heteroatoms. The largest absolute Gasteiger partial charge is 0.488 e. The van der Waals surface area contributed by atoms with E-state index >= 15 is 0 Å². The first kappa shape index (κ1) is 12.1. The van der Waals surface area contributed by atoms with Crippen LogP contribution in [-0.2, 0) is 9.09 Å². The zero-order valence-corrected chi connectivity index (χ0v) is 9.10. The van der Waals surface area contributed by atoms with Gasteiger partial charge in [0.05, 0.1) is 13.2 Å². The minimum Gasteiger partial charge on any atom is -0.488 e. The molecule has 0 spiro atoms. The molecule has 15 heavy (non-hydrogen) atoms. The highest BCUT2D eigenvalue weighted by molar-refractivity contribution is 7.17. The van der Waals surface area contributed by atoms with Crippen LogP contribution >= 0.6 is 8.69 Å². The van der Waals surface area contributed by atoms with Crippen molar-refractivity contribution in [3.8, 4) is 5.75 Å². The molecule has 0 aromatic heterocycles. The molecule has 4 nitrogen and oxygen atoms in total. The molecule has 0 heterocycles. The maximum absolute atomic E-state index is 10.0. The molecule has 1 aromatic rings. The van der Waals surface area contributed by atoms with Crippen LogP contribution in [0.1, 0.15) is 6.42 Å². The smallest absolute Gasteiger partial charge is 0.327 e. The summed E-state index contributed by atoms with van der Waals surface area (Å²) in [5.74, 6) is 0.705. The first-order valence-electron chi connectivity index (χ1n) is 4.64. The van der Waals surface area contributed by atoms with Gasteiger partial charge in [0.1, 0.15) is 11.9 Å². The Kier molecular flexibility index (Phi) is 5.93. The summed E-state index contributed by atoms with van der Waals surface area (Å²) in [4.78, 5) is 0. The van der Waals surface area contributed by atoms with Crippen molar-refractivity contribution in [2.75, 3.05) is 13.2 Å². The van der Waals surface area contributed by atoms with Crippen molar-refractivity contribution in [2.24, 2.45) is 0 Å². The monoisotopic (exact) mass is 228 g/mol. The van der Waals surface area contributed by atoms with Crippen LogP contribution in [0.2, 0.25) is 0 Å². The highest BCUT2D eigenvalue weighted by atomic mass is 31.1. The van der Waals surface area contributed by atoms with Crippen molar-refractivity contribution in [2.45, 2.75) is 12.5 Å². The molecule has 1 aromatic carbocycles. The highest BCUT2D eigenvalue weighted by Gasteiger charge is 2.08. The van der Waals surface area contributed by atoms with E-state index in [0.29, 0.717) is 18.8 Å². The summed E-state index contributed by atoms with van der Waals surface area (Å²) >= 11 is 0. The Morgan fingerprint density at radius 3 is 2.67 bits per heavy atom. The third-order valence-corrected chi connectivity index (χ3v) is 2.12. The zero-order chi connectivity index (χ0) is 10.9. The van der Waals surface area contributed by atoms with Crippen LogP contribution in [0.5, 0.6) is 5.75 Å². The molecule has 1 atom stereocenters. The van der Waals surface area contributed by atoms with Gasteiger partial charge in [0.15, 0.2) is 0 Å². The minimum atomic E-state index is -0.344. The van der Waals surface area contributed by atoms with Gasteiger partial charge in [0, 0.05) is 6.42 Å². The van der Waals surface area contributed by atoms with Gasteiger partial charge in [-0.15, -0.1) is 0 Å². The molecule has 1 rings (SSSR count). The number of ether oxygens (including phenoxy) is 1. The van der Waals surface area contributed by atoms with E-state index in [4.69, 9.17) is 9.84 Å². The fourth-order valence-electron chi connectivity index (χ4n) is 1.10. The van der Waals surface area contributed by atoms with Crippen LogP contribution in [-0.4, -0.2) is 24.4 Å². The molecule has 0 bridgehead atoms. The van der Waals surface area contributed by atoms with Gasteiger partial charge in [0.2, 0.25) is 0 Å². The van der Waals surface area contributed by atoms with Gasteiger partial charge < -0.3 is 9.84 Å². The van der Waals surface area contributed by atoms with E-state index in [-0.39, 0.29) is 21.4 Å². The average Bonchev–Trinajstić information content (AvgIpc) is 2.29. The van der Waals surface area contributed by atoms with Gasteiger partial charge in [-0.3, -0.25) is 4.52 Å². The van der Waals surface area contributed by atoms with Crippen LogP contribution in [0.4, 0.5) is 0 Å². The van der Waals surface area contributed by atoms with Gasteiger partial charge in [-0.05, 0) is 12.1 Å². The molecular formula is C10H13O4P. The molecule has 0 aliphatic heterocycles. The van der Waals surface area contributed by atoms with Crippen LogP contribution in [0.15, 0.2) is 30.3 Å². The fourth-order valence-corrected chi connectivity index (χ4v) is 1.28. The number of para-hydroxylation sites is 1. The SMILES string of the molecule is O=POCCC(CO)Oc1ccccc1. The molecule has 1 unspecified atom stereocenters. The van der Waals surface area contributed by atoms with E-state index in [1.807, 2.05) is 30.3 Å². The second-order valence-electron chi connectivity index (χ2n) is 2.93. The van der Waals surface area contributed by atoms with Crippen molar-refractivity contribution in [1.82, 2.24) is 0 Å². The van der Waals surface area contributed by atoms with Crippen LogP contribution in [0.25, 0.3) is 0 Å². The van der Waals surface area contributed by atoms with Gasteiger partial charge >= 0.3 is 8.69 Å². The van der Waals surface area contributed by atoms with Crippen LogP contribution < -0.4 is 4.74 Å². The zero-order valence-electron chi connectivity index (χ0n) is 8.20. The normalized spacial score (nSPS) is 12.6. The Morgan fingerprint density at radius 1 is 1.33 bits per heavy atom. The fraction of sp³-hybridized carbons (Fsp3) is 0.400. The van der Waals surface area contributed by atoms with E-state index in [0.717, 1.165) is 0 Å². The number of rotatable bonds is 7. The summed E-state index contributed by atoms with van der Waals surface area (Å²) in [7, 11) is -0.344. The van der Waals surface area contributed by atoms with E-state index in [1.165, 1.54) is 0 Å². The molecule has 1 N–H and O–H groups in total. The predicted molar refractivity (Wildman–Crippen MR) is 56.1 cm³/mol. The van der Waals surface area contributed by atoms with Crippen molar-refractivity contribution < 1.29 is 18.9 Å². The van der Waals surface area contributed by atoms with Crippen LogP contribution in [0, 0.1) is 0 Å². The van der Waals surface area contributed by atoms with Crippen molar-refractivity contribution in [3.63, 3.8) is 0 Å². The molecule has 0 saturated carbocycles. The van der Waals surface area contributed by atoms with Gasteiger partial charge in [-0.25, -0.2) is 4.57 Å². The average molecular weight is 228 g/mol. The lowest BCUT2D eigenvalue weighted by Gasteiger charge is -2.15. The summed E-state index contributed by atoms with van der Waals surface area (Å²) in [5.41, 5.74) is 0. The summed E-state index contributed by atoms with van der Waals surface area (Å²) in [6, 6.07) is 9.23. The number of aliphatic hydroxyl groups excluding tert-OH is 1. The lowest BCUT2D eigenvalue weighted by Crippen LogP contribution is -2.22. The first-order valence-corrected chi connectivity index (χ1v) is 5.37. The minimum absolute atomic E-state index is 0.0893. The highest BCUT2D eigenvalue weighted by Crippen LogP contribution is 2.12. The van der Waals surface area contributed by atoms with Crippen molar-refractivity contribution in [3.05, 3.63) is 30.3 Å². The Morgan fingerprint density at radius 2 is 2.07 bits per heavy atom.